The fourth-order valence-electron chi connectivity index (χ4n) is 2.03. The Hall–Kier alpha value is -2.98. The number of hydrogen-bond donors (Lipinski definition) is 2. The maximum atomic E-state index is 12.5. The molecule has 2 heterocycles. The lowest BCUT2D eigenvalue weighted by Crippen LogP contribution is -2.18. The molecule has 1 amide bonds. The number of rotatable bonds is 7. The van der Waals surface area contributed by atoms with Gasteiger partial charge in [-0.3, -0.25) is 9.52 Å². The van der Waals surface area contributed by atoms with E-state index in [9.17, 15) is 13.2 Å². The average molecular weight is 404 g/mol. The predicted molar refractivity (Wildman–Crippen MR) is 101 cm³/mol. The molecule has 8 nitrogen and oxygen atoms in total. The van der Waals surface area contributed by atoms with Gasteiger partial charge in [-0.1, -0.05) is 18.2 Å². The molecule has 0 fully saturated rings. The van der Waals surface area contributed by atoms with Crippen molar-refractivity contribution < 1.29 is 17.9 Å². The lowest BCUT2D eigenvalue weighted by atomic mass is 10.3. The van der Waals surface area contributed by atoms with Gasteiger partial charge in [0.2, 0.25) is 5.91 Å². The Balaban J connectivity index is 1.66. The number of benzene rings is 1. The third-order valence-corrected chi connectivity index (χ3v) is 6.20. The molecule has 0 saturated heterocycles. The first-order valence-corrected chi connectivity index (χ1v) is 10.1. The van der Waals surface area contributed by atoms with Crippen molar-refractivity contribution in [2.75, 3.05) is 4.72 Å². The third-order valence-electron chi connectivity index (χ3n) is 3.25. The average Bonchev–Trinajstić information content (AvgIpc) is 3.12. The summed E-state index contributed by atoms with van der Waals surface area (Å²) in [6, 6.07) is 12.3. The SMILES string of the molecule is CC(=O)NCc1ccc(S(=O)(=O)Nc2cnc(Oc3ccccc3)nc2)s1. The first-order valence-electron chi connectivity index (χ1n) is 7.83. The number of ether oxygens (including phenoxy) is 1. The first kappa shape index (κ1) is 18.8. The van der Waals surface area contributed by atoms with E-state index in [4.69, 9.17) is 4.74 Å². The second-order valence-corrected chi connectivity index (χ2v) is 8.48. The van der Waals surface area contributed by atoms with Gasteiger partial charge >= 0.3 is 6.01 Å². The molecule has 0 aliphatic rings. The maximum Gasteiger partial charge on any atom is 0.322 e. The van der Waals surface area contributed by atoms with Crippen LogP contribution in [0.1, 0.15) is 11.8 Å². The number of aromatic nitrogens is 2. The van der Waals surface area contributed by atoms with Crippen LogP contribution in [0.3, 0.4) is 0 Å². The monoisotopic (exact) mass is 404 g/mol. The number of amides is 1. The molecule has 0 aliphatic carbocycles. The lowest BCUT2D eigenvalue weighted by Gasteiger charge is -2.07. The van der Waals surface area contributed by atoms with Crippen molar-refractivity contribution in [3.63, 3.8) is 0 Å². The highest BCUT2D eigenvalue weighted by Crippen LogP contribution is 2.24. The first-order chi connectivity index (χ1) is 12.9. The van der Waals surface area contributed by atoms with Crippen LogP contribution < -0.4 is 14.8 Å². The van der Waals surface area contributed by atoms with Crippen LogP contribution in [-0.2, 0) is 21.4 Å². The largest absolute Gasteiger partial charge is 0.424 e. The van der Waals surface area contributed by atoms with E-state index in [0.717, 1.165) is 16.2 Å². The number of nitrogens with zero attached hydrogens (tertiary/aromatic N) is 2. The van der Waals surface area contributed by atoms with Gasteiger partial charge in [0.15, 0.2) is 0 Å². The number of sulfonamides is 1. The summed E-state index contributed by atoms with van der Waals surface area (Å²) in [5, 5.41) is 2.62. The molecule has 0 aliphatic heterocycles. The van der Waals surface area contributed by atoms with Gasteiger partial charge in [0.25, 0.3) is 10.0 Å². The number of para-hydroxylation sites is 1. The van der Waals surface area contributed by atoms with Crippen molar-refractivity contribution in [1.29, 1.82) is 0 Å². The van der Waals surface area contributed by atoms with E-state index in [-0.39, 0.29) is 28.4 Å². The van der Waals surface area contributed by atoms with E-state index in [1.54, 1.807) is 18.2 Å². The number of nitrogens with one attached hydrogen (secondary N) is 2. The standard InChI is InChI=1S/C17H16N4O4S2/c1-12(22)18-11-15-7-8-16(26-15)27(23,24)21-13-9-19-17(20-10-13)25-14-5-3-2-4-6-14/h2-10,21H,11H2,1H3,(H,18,22). The van der Waals surface area contributed by atoms with Crippen LogP contribution in [-0.4, -0.2) is 24.3 Å². The van der Waals surface area contributed by atoms with Crippen LogP contribution in [0.25, 0.3) is 0 Å². The van der Waals surface area contributed by atoms with Crippen molar-refractivity contribution in [3.05, 3.63) is 59.7 Å². The number of hydrogen-bond acceptors (Lipinski definition) is 7. The molecule has 3 aromatic rings. The minimum Gasteiger partial charge on any atom is -0.424 e. The molecular weight excluding hydrogens is 388 g/mol. The summed E-state index contributed by atoms with van der Waals surface area (Å²) in [5.41, 5.74) is 0.215. The Labute approximate surface area is 160 Å². The fraction of sp³-hybridized carbons (Fsp3) is 0.118. The van der Waals surface area contributed by atoms with Gasteiger partial charge in [-0.25, -0.2) is 18.4 Å². The van der Waals surface area contributed by atoms with E-state index in [1.807, 2.05) is 18.2 Å². The van der Waals surface area contributed by atoms with Crippen molar-refractivity contribution in [2.24, 2.45) is 0 Å². The third kappa shape index (κ3) is 5.25. The smallest absolute Gasteiger partial charge is 0.322 e. The Morgan fingerprint density at radius 3 is 2.48 bits per heavy atom. The molecule has 0 atom stereocenters. The molecule has 0 bridgehead atoms. The molecule has 0 radical (unpaired) electrons. The molecule has 2 N–H and O–H groups in total. The van der Waals surface area contributed by atoms with Crippen LogP contribution in [0.4, 0.5) is 5.69 Å². The number of carbonyl (C=O) groups is 1. The Bertz CT molecular complexity index is 1020. The predicted octanol–water partition coefficient (Wildman–Crippen LogP) is 2.77. The summed E-state index contributed by atoms with van der Waals surface area (Å²) in [4.78, 5) is 19.7. The van der Waals surface area contributed by atoms with E-state index in [2.05, 4.69) is 20.0 Å². The van der Waals surface area contributed by atoms with Crippen molar-refractivity contribution in [3.8, 4) is 11.8 Å². The summed E-state index contributed by atoms with van der Waals surface area (Å²) in [5.74, 6) is 0.400. The molecule has 0 unspecified atom stereocenters. The zero-order valence-electron chi connectivity index (χ0n) is 14.2. The second kappa shape index (κ2) is 8.14. The maximum absolute atomic E-state index is 12.5. The Kier molecular flexibility index (Phi) is 5.67. The van der Waals surface area contributed by atoms with Crippen LogP contribution in [0, 0.1) is 0 Å². The Morgan fingerprint density at radius 1 is 1.11 bits per heavy atom. The lowest BCUT2D eigenvalue weighted by molar-refractivity contribution is -0.119. The van der Waals surface area contributed by atoms with Crippen molar-refractivity contribution >= 4 is 33.0 Å². The topological polar surface area (TPSA) is 110 Å². The highest BCUT2D eigenvalue weighted by molar-refractivity contribution is 7.94. The van der Waals surface area contributed by atoms with Gasteiger partial charge in [0.1, 0.15) is 9.96 Å². The molecule has 10 heteroatoms. The summed E-state index contributed by atoms with van der Waals surface area (Å²) >= 11 is 1.08. The number of anilines is 1. The molecule has 2 aromatic heterocycles. The normalized spacial score (nSPS) is 11.0. The van der Waals surface area contributed by atoms with E-state index < -0.39 is 10.0 Å². The van der Waals surface area contributed by atoms with Gasteiger partial charge in [0, 0.05) is 11.8 Å². The van der Waals surface area contributed by atoms with Crippen LogP contribution in [0.15, 0.2) is 59.1 Å². The zero-order chi connectivity index (χ0) is 19.3. The van der Waals surface area contributed by atoms with Crippen molar-refractivity contribution in [1.82, 2.24) is 15.3 Å². The fourth-order valence-corrected chi connectivity index (χ4v) is 4.35. The molecule has 3 rings (SSSR count). The van der Waals surface area contributed by atoms with E-state index >= 15 is 0 Å². The molecule has 27 heavy (non-hydrogen) atoms. The molecule has 0 spiro atoms. The van der Waals surface area contributed by atoms with Gasteiger partial charge in [-0.2, -0.15) is 0 Å². The van der Waals surface area contributed by atoms with Crippen LogP contribution >= 0.6 is 11.3 Å². The number of thiophene rings is 1. The summed E-state index contributed by atoms with van der Waals surface area (Å²) < 4.78 is 32.9. The van der Waals surface area contributed by atoms with Gasteiger partial charge in [-0.05, 0) is 24.3 Å². The molecule has 140 valence electrons. The Morgan fingerprint density at radius 2 is 1.81 bits per heavy atom. The van der Waals surface area contributed by atoms with Crippen molar-refractivity contribution in [2.45, 2.75) is 17.7 Å². The van der Waals surface area contributed by atoms with E-state index in [1.165, 1.54) is 25.4 Å². The minimum absolute atomic E-state index is 0.109. The summed E-state index contributed by atoms with van der Waals surface area (Å²) in [6.45, 7) is 1.68. The summed E-state index contributed by atoms with van der Waals surface area (Å²) in [6.07, 6.45) is 2.66. The second-order valence-electron chi connectivity index (χ2n) is 5.41. The zero-order valence-corrected chi connectivity index (χ0v) is 15.9. The molecular formula is C17H16N4O4S2. The van der Waals surface area contributed by atoms with E-state index in [0.29, 0.717) is 5.75 Å². The van der Waals surface area contributed by atoms with Gasteiger partial charge < -0.3 is 10.1 Å². The number of carbonyl (C=O) groups excluding carboxylic acids is 1. The molecule has 1 aromatic carbocycles. The van der Waals surface area contributed by atoms with Crippen LogP contribution in [0.2, 0.25) is 0 Å². The minimum atomic E-state index is -3.77. The van der Waals surface area contributed by atoms with Crippen LogP contribution in [0.5, 0.6) is 11.8 Å². The summed E-state index contributed by atoms with van der Waals surface area (Å²) in [7, 11) is -3.77. The molecule has 0 saturated carbocycles. The van der Waals surface area contributed by atoms with Gasteiger partial charge in [0.05, 0.1) is 24.6 Å². The highest BCUT2D eigenvalue weighted by Gasteiger charge is 2.17. The highest BCUT2D eigenvalue weighted by atomic mass is 32.2. The van der Waals surface area contributed by atoms with Gasteiger partial charge in [-0.15, -0.1) is 11.3 Å². The quantitative estimate of drug-likeness (QED) is 0.626.